The summed E-state index contributed by atoms with van der Waals surface area (Å²) >= 11 is 0. The zero-order chi connectivity index (χ0) is 15.9. The van der Waals surface area contributed by atoms with Crippen LogP contribution < -0.4 is 11.1 Å². The summed E-state index contributed by atoms with van der Waals surface area (Å²) in [5.41, 5.74) is 8.08. The summed E-state index contributed by atoms with van der Waals surface area (Å²) in [4.78, 5) is 17.6. The number of piperidine rings is 1. The molecule has 0 saturated carbocycles. The topological polar surface area (TPSA) is 70.7 Å². The molecule has 23 heavy (non-hydrogen) atoms. The highest BCUT2D eigenvalue weighted by Crippen LogP contribution is 2.15. The SMILES string of the molecule is CC(=O)Nc1ccc(CCN=C(N)N2CCC(C)CC2)cc1.I. The summed E-state index contributed by atoms with van der Waals surface area (Å²) in [6.45, 7) is 6.52. The van der Waals surface area contributed by atoms with Crippen LogP contribution in [0.5, 0.6) is 0 Å². The molecule has 1 aliphatic rings. The van der Waals surface area contributed by atoms with Crippen molar-refractivity contribution in [3.63, 3.8) is 0 Å². The van der Waals surface area contributed by atoms with Gasteiger partial charge in [0.1, 0.15) is 0 Å². The van der Waals surface area contributed by atoms with Crippen LogP contribution in [-0.2, 0) is 11.2 Å². The zero-order valence-electron chi connectivity index (χ0n) is 13.9. The Kier molecular flexibility index (Phi) is 8.36. The lowest BCUT2D eigenvalue weighted by Crippen LogP contribution is -2.42. The van der Waals surface area contributed by atoms with Crippen LogP contribution in [0.3, 0.4) is 0 Å². The Labute approximate surface area is 155 Å². The largest absolute Gasteiger partial charge is 0.370 e. The predicted octanol–water partition coefficient (Wildman–Crippen LogP) is 2.85. The quantitative estimate of drug-likeness (QED) is 0.439. The third kappa shape index (κ3) is 6.76. The van der Waals surface area contributed by atoms with Gasteiger partial charge in [-0.1, -0.05) is 19.1 Å². The third-order valence-electron chi connectivity index (χ3n) is 4.06. The Balaban J connectivity index is 0.00000264. The van der Waals surface area contributed by atoms with E-state index in [9.17, 15) is 4.79 Å². The monoisotopic (exact) mass is 430 g/mol. The number of halogens is 1. The van der Waals surface area contributed by atoms with Crippen LogP contribution in [0.1, 0.15) is 32.3 Å². The third-order valence-corrected chi connectivity index (χ3v) is 4.06. The number of rotatable bonds is 4. The number of amides is 1. The number of benzene rings is 1. The van der Waals surface area contributed by atoms with Gasteiger partial charge in [0.25, 0.3) is 0 Å². The number of hydrogen-bond acceptors (Lipinski definition) is 2. The van der Waals surface area contributed by atoms with E-state index in [0.717, 1.165) is 31.1 Å². The van der Waals surface area contributed by atoms with E-state index in [-0.39, 0.29) is 29.9 Å². The summed E-state index contributed by atoms with van der Waals surface area (Å²) < 4.78 is 0. The van der Waals surface area contributed by atoms with Gasteiger partial charge < -0.3 is 16.0 Å². The van der Waals surface area contributed by atoms with Crippen LogP contribution in [0.25, 0.3) is 0 Å². The van der Waals surface area contributed by atoms with E-state index in [4.69, 9.17) is 5.73 Å². The fraction of sp³-hybridized carbons (Fsp3) is 0.529. The number of carbonyl (C=O) groups excluding carboxylic acids is 1. The molecule has 0 spiro atoms. The Bertz CT molecular complexity index is 522. The summed E-state index contributed by atoms with van der Waals surface area (Å²) in [5.74, 6) is 1.41. The van der Waals surface area contributed by atoms with Crippen molar-refractivity contribution in [2.75, 3.05) is 25.0 Å². The second-order valence-corrected chi connectivity index (χ2v) is 6.04. The first-order valence-corrected chi connectivity index (χ1v) is 7.96. The van der Waals surface area contributed by atoms with Crippen molar-refractivity contribution < 1.29 is 4.79 Å². The molecule has 5 nitrogen and oxygen atoms in total. The first kappa shape index (κ1) is 19.7. The van der Waals surface area contributed by atoms with Crippen LogP contribution in [0, 0.1) is 5.92 Å². The van der Waals surface area contributed by atoms with E-state index in [1.807, 2.05) is 24.3 Å². The van der Waals surface area contributed by atoms with Crippen LogP contribution in [0.4, 0.5) is 5.69 Å². The number of anilines is 1. The molecule has 3 N–H and O–H groups in total. The van der Waals surface area contributed by atoms with Crippen molar-refractivity contribution >= 4 is 41.5 Å². The van der Waals surface area contributed by atoms with Gasteiger partial charge in [-0.05, 0) is 42.9 Å². The zero-order valence-corrected chi connectivity index (χ0v) is 16.2. The molecule has 2 rings (SSSR count). The standard InChI is InChI=1S/C17H26N4O.HI/c1-13-8-11-21(12-9-13)17(18)19-10-7-15-3-5-16(6-4-15)20-14(2)22;/h3-6,13H,7-12H2,1-2H3,(H2,18,19)(H,20,22);1H. The van der Waals surface area contributed by atoms with Gasteiger partial charge in [0, 0.05) is 32.2 Å². The fourth-order valence-corrected chi connectivity index (χ4v) is 2.60. The lowest BCUT2D eigenvalue weighted by Gasteiger charge is -2.31. The number of nitrogens with one attached hydrogen (secondary N) is 1. The van der Waals surface area contributed by atoms with E-state index < -0.39 is 0 Å². The maximum atomic E-state index is 11.0. The van der Waals surface area contributed by atoms with Crippen LogP contribution in [0.15, 0.2) is 29.3 Å². The summed E-state index contributed by atoms with van der Waals surface area (Å²) in [6, 6.07) is 7.85. The van der Waals surface area contributed by atoms with Gasteiger partial charge in [0.05, 0.1) is 0 Å². The van der Waals surface area contributed by atoms with Gasteiger partial charge in [0.15, 0.2) is 5.96 Å². The first-order valence-electron chi connectivity index (χ1n) is 7.96. The Morgan fingerprint density at radius 2 is 1.91 bits per heavy atom. The number of carbonyl (C=O) groups is 1. The van der Waals surface area contributed by atoms with Gasteiger partial charge in [-0.2, -0.15) is 0 Å². The number of nitrogens with two attached hydrogens (primary N) is 1. The van der Waals surface area contributed by atoms with Gasteiger partial charge in [-0.3, -0.25) is 9.79 Å². The first-order chi connectivity index (χ1) is 10.5. The smallest absolute Gasteiger partial charge is 0.221 e. The normalized spacial score (nSPS) is 15.9. The molecule has 1 amide bonds. The number of aliphatic imine (C=N–C) groups is 1. The average molecular weight is 430 g/mol. The molecule has 1 aromatic carbocycles. The Morgan fingerprint density at radius 1 is 1.30 bits per heavy atom. The average Bonchev–Trinajstić information content (AvgIpc) is 2.49. The van der Waals surface area contributed by atoms with Crippen LogP contribution in [0.2, 0.25) is 0 Å². The maximum Gasteiger partial charge on any atom is 0.221 e. The minimum atomic E-state index is -0.0547. The van der Waals surface area contributed by atoms with Gasteiger partial charge >= 0.3 is 0 Å². The highest BCUT2D eigenvalue weighted by atomic mass is 127. The molecule has 128 valence electrons. The molecule has 0 bridgehead atoms. The van der Waals surface area contributed by atoms with Crippen molar-refractivity contribution in [1.82, 2.24) is 4.90 Å². The van der Waals surface area contributed by atoms with Crippen molar-refractivity contribution in [3.05, 3.63) is 29.8 Å². The molecule has 1 aromatic rings. The van der Waals surface area contributed by atoms with Crippen LogP contribution >= 0.6 is 24.0 Å². The summed E-state index contributed by atoms with van der Waals surface area (Å²) in [6.07, 6.45) is 3.24. The van der Waals surface area contributed by atoms with Gasteiger partial charge in [-0.25, -0.2) is 0 Å². The highest BCUT2D eigenvalue weighted by Gasteiger charge is 2.16. The maximum absolute atomic E-state index is 11.0. The van der Waals surface area contributed by atoms with Crippen molar-refractivity contribution in [3.8, 4) is 0 Å². The lowest BCUT2D eigenvalue weighted by atomic mass is 10.00. The minimum Gasteiger partial charge on any atom is -0.370 e. The fourth-order valence-electron chi connectivity index (χ4n) is 2.60. The minimum absolute atomic E-state index is 0. The number of hydrogen-bond donors (Lipinski definition) is 2. The van der Waals surface area contributed by atoms with E-state index in [1.54, 1.807) is 0 Å². The molecule has 6 heteroatoms. The van der Waals surface area contributed by atoms with Crippen LogP contribution in [-0.4, -0.2) is 36.4 Å². The van der Waals surface area contributed by atoms with Crippen molar-refractivity contribution in [2.45, 2.75) is 33.1 Å². The van der Waals surface area contributed by atoms with Crippen molar-refractivity contribution in [1.29, 1.82) is 0 Å². The molecule has 0 unspecified atom stereocenters. The molecule has 0 radical (unpaired) electrons. The molecule has 0 aliphatic carbocycles. The Morgan fingerprint density at radius 3 is 2.48 bits per heavy atom. The summed E-state index contributed by atoms with van der Waals surface area (Å²) in [5, 5.41) is 2.76. The Hall–Kier alpha value is -1.31. The van der Waals surface area contributed by atoms with E-state index in [0.29, 0.717) is 12.5 Å². The molecule has 1 heterocycles. The molecule has 0 atom stereocenters. The number of guanidine groups is 1. The van der Waals surface area contributed by atoms with E-state index in [2.05, 4.69) is 22.1 Å². The lowest BCUT2D eigenvalue weighted by molar-refractivity contribution is -0.114. The van der Waals surface area contributed by atoms with E-state index >= 15 is 0 Å². The number of nitrogens with zero attached hydrogens (tertiary/aromatic N) is 2. The molecular weight excluding hydrogens is 403 g/mol. The van der Waals surface area contributed by atoms with Crippen molar-refractivity contribution in [2.24, 2.45) is 16.6 Å². The van der Waals surface area contributed by atoms with E-state index in [1.165, 1.54) is 25.3 Å². The van der Waals surface area contributed by atoms with Gasteiger partial charge in [-0.15, -0.1) is 24.0 Å². The molecule has 0 aromatic heterocycles. The second-order valence-electron chi connectivity index (χ2n) is 6.04. The van der Waals surface area contributed by atoms with Gasteiger partial charge in [0.2, 0.25) is 5.91 Å². The molecule has 1 saturated heterocycles. The summed E-state index contributed by atoms with van der Waals surface area (Å²) in [7, 11) is 0. The molecule has 1 aliphatic heterocycles. The highest BCUT2D eigenvalue weighted by molar-refractivity contribution is 14.0. The molecule has 1 fully saturated rings. The number of likely N-dealkylation sites (tertiary alicyclic amines) is 1. The second kappa shape index (κ2) is 9.75. The predicted molar refractivity (Wildman–Crippen MR) is 106 cm³/mol. The molecular formula is C17H27IN4O.